The smallest absolute Gasteiger partial charge is 0.279 e. The molecule has 0 aliphatic carbocycles. The number of halogens is 2. The summed E-state index contributed by atoms with van der Waals surface area (Å²) in [6.07, 6.45) is 4.42. The lowest BCUT2D eigenvalue weighted by atomic mass is 10.2. The molecular formula is C21H25Cl2N3O+2. The van der Waals surface area contributed by atoms with Crippen LogP contribution in [-0.2, 0) is 4.79 Å². The van der Waals surface area contributed by atoms with E-state index < -0.39 is 0 Å². The fourth-order valence-electron chi connectivity index (χ4n) is 3.27. The highest BCUT2D eigenvalue weighted by atomic mass is 35.5. The summed E-state index contributed by atoms with van der Waals surface area (Å²) in [4.78, 5) is 15.1. The lowest BCUT2D eigenvalue weighted by Crippen LogP contribution is -3.28. The monoisotopic (exact) mass is 405 g/mol. The molecule has 1 heterocycles. The summed E-state index contributed by atoms with van der Waals surface area (Å²) >= 11 is 11.9. The van der Waals surface area contributed by atoms with Gasteiger partial charge < -0.3 is 15.1 Å². The van der Waals surface area contributed by atoms with E-state index in [0.717, 1.165) is 32.7 Å². The molecule has 3 rings (SSSR count). The van der Waals surface area contributed by atoms with Crippen molar-refractivity contribution in [3.05, 3.63) is 70.2 Å². The Balaban J connectivity index is 1.39. The number of nitrogens with one attached hydrogen (secondary N) is 3. The van der Waals surface area contributed by atoms with Crippen LogP contribution in [0.1, 0.15) is 5.56 Å². The van der Waals surface area contributed by atoms with E-state index in [1.165, 1.54) is 10.5 Å². The van der Waals surface area contributed by atoms with Gasteiger partial charge in [0.2, 0.25) is 0 Å². The number of benzene rings is 2. The van der Waals surface area contributed by atoms with Crippen LogP contribution in [0.5, 0.6) is 0 Å². The molecule has 27 heavy (non-hydrogen) atoms. The zero-order valence-corrected chi connectivity index (χ0v) is 16.7. The van der Waals surface area contributed by atoms with Gasteiger partial charge in [-0.3, -0.25) is 4.79 Å². The van der Waals surface area contributed by atoms with Gasteiger partial charge in [-0.2, -0.15) is 0 Å². The molecule has 0 radical (unpaired) electrons. The summed E-state index contributed by atoms with van der Waals surface area (Å²) in [6.45, 7) is 5.67. The van der Waals surface area contributed by atoms with Gasteiger partial charge in [-0.05, 0) is 29.8 Å². The molecule has 0 spiro atoms. The van der Waals surface area contributed by atoms with Gasteiger partial charge in [0.15, 0.2) is 6.54 Å². The largest absolute Gasteiger partial charge is 0.322 e. The summed E-state index contributed by atoms with van der Waals surface area (Å²) in [5.74, 6) is 0.0100. The molecule has 0 unspecified atom stereocenters. The zero-order chi connectivity index (χ0) is 19.1. The number of anilines is 1. The maximum Gasteiger partial charge on any atom is 0.279 e. The molecule has 1 fully saturated rings. The number of hydrogen-bond acceptors (Lipinski definition) is 1. The Labute approximate surface area is 170 Å². The quantitative estimate of drug-likeness (QED) is 0.667. The second-order valence-corrected chi connectivity index (χ2v) is 7.69. The van der Waals surface area contributed by atoms with Crippen LogP contribution in [0, 0.1) is 0 Å². The molecule has 1 saturated heterocycles. The van der Waals surface area contributed by atoms with Crippen LogP contribution in [-0.4, -0.2) is 45.2 Å². The topological polar surface area (TPSA) is 38.0 Å². The van der Waals surface area contributed by atoms with Gasteiger partial charge in [0.25, 0.3) is 5.91 Å². The predicted octanol–water partition coefficient (Wildman–Crippen LogP) is 1.43. The van der Waals surface area contributed by atoms with Crippen molar-refractivity contribution in [3.63, 3.8) is 0 Å². The van der Waals surface area contributed by atoms with Crippen LogP contribution < -0.4 is 15.1 Å². The van der Waals surface area contributed by atoms with Crippen LogP contribution >= 0.6 is 23.2 Å². The molecule has 2 aromatic carbocycles. The van der Waals surface area contributed by atoms with E-state index in [9.17, 15) is 4.79 Å². The van der Waals surface area contributed by atoms with Crippen LogP contribution in [0.2, 0.25) is 10.0 Å². The highest BCUT2D eigenvalue weighted by Crippen LogP contribution is 2.24. The van der Waals surface area contributed by atoms with E-state index in [1.54, 1.807) is 23.1 Å². The Morgan fingerprint density at radius 3 is 2.37 bits per heavy atom. The summed E-state index contributed by atoms with van der Waals surface area (Å²) < 4.78 is 0. The summed E-state index contributed by atoms with van der Waals surface area (Å²) in [6, 6.07) is 15.5. The minimum atomic E-state index is 0.0100. The van der Waals surface area contributed by atoms with Crippen LogP contribution in [0.15, 0.2) is 54.6 Å². The third-order valence-corrected chi connectivity index (χ3v) is 5.53. The van der Waals surface area contributed by atoms with Gasteiger partial charge in [0.1, 0.15) is 26.2 Å². The molecule has 0 aromatic heterocycles. The Kier molecular flexibility index (Phi) is 7.30. The molecule has 4 nitrogen and oxygen atoms in total. The number of amides is 1. The lowest BCUT2D eigenvalue weighted by Gasteiger charge is -2.28. The van der Waals surface area contributed by atoms with Crippen molar-refractivity contribution in [1.82, 2.24) is 0 Å². The molecule has 2 aromatic rings. The van der Waals surface area contributed by atoms with E-state index in [2.05, 4.69) is 41.7 Å². The average molecular weight is 406 g/mol. The van der Waals surface area contributed by atoms with Crippen molar-refractivity contribution in [2.24, 2.45) is 0 Å². The van der Waals surface area contributed by atoms with Crippen molar-refractivity contribution >= 4 is 40.9 Å². The molecule has 0 atom stereocenters. The highest BCUT2D eigenvalue weighted by Gasteiger charge is 2.24. The first-order valence-corrected chi connectivity index (χ1v) is 9.99. The number of carbonyl (C=O) groups is 1. The fourth-order valence-corrected chi connectivity index (χ4v) is 3.57. The zero-order valence-electron chi connectivity index (χ0n) is 15.2. The fraction of sp³-hybridized carbons (Fsp3) is 0.286. The number of piperazine rings is 1. The van der Waals surface area contributed by atoms with Crippen molar-refractivity contribution in [3.8, 4) is 0 Å². The predicted molar refractivity (Wildman–Crippen MR) is 112 cm³/mol. The first-order valence-electron chi connectivity index (χ1n) is 9.24. The summed E-state index contributed by atoms with van der Waals surface area (Å²) in [5.41, 5.74) is 1.92. The second kappa shape index (κ2) is 9.90. The van der Waals surface area contributed by atoms with Crippen LogP contribution in [0.4, 0.5) is 5.69 Å². The molecule has 142 valence electrons. The van der Waals surface area contributed by atoms with Gasteiger partial charge >= 0.3 is 0 Å². The molecule has 6 heteroatoms. The Morgan fingerprint density at radius 2 is 1.67 bits per heavy atom. The lowest BCUT2D eigenvalue weighted by molar-refractivity contribution is -1.01. The SMILES string of the molecule is O=C(C[NH+]1CC[NH+](C/C=C/c2ccccc2)CC1)Nc1ccc(Cl)c(Cl)c1. The second-order valence-electron chi connectivity index (χ2n) is 6.87. The van der Waals surface area contributed by atoms with Gasteiger partial charge in [-0.25, -0.2) is 0 Å². The molecule has 1 aliphatic rings. The third kappa shape index (κ3) is 6.36. The number of rotatable bonds is 6. The van der Waals surface area contributed by atoms with Crippen molar-refractivity contribution < 1.29 is 14.6 Å². The third-order valence-electron chi connectivity index (χ3n) is 4.79. The first kappa shape index (κ1) is 19.9. The highest BCUT2D eigenvalue weighted by molar-refractivity contribution is 6.42. The average Bonchev–Trinajstić information content (AvgIpc) is 2.67. The normalized spacial score (nSPS) is 19.9. The van der Waals surface area contributed by atoms with E-state index in [1.807, 2.05) is 6.07 Å². The minimum absolute atomic E-state index is 0.0100. The van der Waals surface area contributed by atoms with Gasteiger partial charge in [-0.15, -0.1) is 0 Å². The number of hydrogen-bond donors (Lipinski definition) is 3. The maximum atomic E-state index is 12.3. The van der Waals surface area contributed by atoms with Crippen molar-refractivity contribution in [1.29, 1.82) is 0 Å². The van der Waals surface area contributed by atoms with E-state index in [4.69, 9.17) is 23.2 Å². The minimum Gasteiger partial charge on any atom is -0.322 e. The molecular weight excluding hydrogens is 381 g/mol. The first-order chi connectivity index (χ1) is 13.1. The Hall–Kier alpha value is -1.85. The Morgan fingerprint density at radius 1 is 0.963 bits per heavy atom. The van der Waals surface area contributed by atoms with E-state index in [-0.39, 0.29) is 5.91 Å². The molecule has 0 saturated carbocycles. The maximum absolute atomic E-state index is 12.3. The molecule has 3 N–H and O–H groups in total. The standard InChI is InChI=1S/C21H23Cl2N3O/c22-19-9-8-18(15-20(19)23)24-21(27)16-26-13-11-25(12-14-26)10-4-7-17-5-2-1-3-6-17/h1-9,15H,10-14,16H2,(H,24,27)/p+2/b7-4+. The van der Waals surface area contributed by atoms with E-state index in [0.29, 0.717) is 22.3 Å². The summed E-state index contributed by atoms with van der Waals surface area (Å²) in [7, 11) is 0. The van der Waals surface area contributed by atoms with Crippen molar-refractivity contribution in [2.75, 3.05) is 44.6 Å². The van der Waals surface area contributed by atoms with E-state index >= 15 is 0 Å². The number of carbonyl (C=O) groups excluding carboxylic acids is 1. The molecule has 1 aliphatic heterocycles. The van der Waals surface area contributed by atoms with Crippen molar-refractivity contribution in [2.45, 2.75) is 0 Å². The van der Waals surface area contributed by atoms with Crippen LogP contribution in [0.25, 0.3) is 6.08 Å². The van der Waals surface area contributed by atoms with Gasteiger partial charge in [-0.1, -0.05) is 59.6 Å². The molecule has 1 amide bonds. The van der Waals surface area contributed by atoms with Gasteiger partial charge in [0, 0.05) is 5.69 Å². The van der Waals surface area contributed by atoms with Crippen LogP contribution in [0.3, 0.4) is 0 Å². The Bertz CT molecular complexity index is 787. The number of quaternary nitrogens is 2. The molecule has 0 bridgehead atoms. The summed E-state index contributed by atoms with van der Waals surface area (Å²) in [5, 5.41) is 3.83. The van der Waals surface area contributed by atoms with Gasteiger partial charge in [0.05, 0.1) is 16.6 Å².